The monoisotopic (exact) mass is 559 g/mol. The van der Waals surface area contributed by atoms with Gasteiger partial charge in [-0.15, -0.1) is 0 Å². The molecule has 0 bridgehead atoms. The summed E-state index contributed by atoms with van der Waals surface area (Å²) >= 11 is 0. The van der Waals surface area contributed by atoms with Crippen molar-refractivity contribution in [3.05, 3.63) is 57.6 Å². The van der Waals surface area contributed by atoms with Crippen LogP contribution in [0.2, 0.25) is 0 Å². The van der Waals surface area contributed by atoms with Crippen molar-refractivity contribution in [2.75, 3.05) is 43.5 Å². The molecule has 2 heterocycles. The van der Waals surface area contributed by atoms with E-state index >= 15 is 4.39 Å². The molecule has 0 spiro atoms. The van der Waals surface area contributed by atoms with Gasteiger partial charge in [-0.2, -0.15) is 13.9 Å². The maximum Gasteiger partial charge on any atom is 0.304 e. The summed E-state index contributed by atoms with van der Waals surface area (Å²) in [6.07, 6.45) is -0.159. The standard InChI is InChI=1S/C29H36F3N5O3/c1-17(2)36-11-13-37(14-12-36)23-15-20-21(16-24(23)40-5)27(38)35(4)34-26(20)33-18(3)19-7-6-8-22(25(19)30)29(31,32)28(39)9-10-28/h6-8,15-18,39H,9-14H2,1-5H3,(H,33,34)/t18-/m1/s1. The lowest BCUT2D eigenvalue weighted by atomic mass is 9.96. The molecule has 2 N–H and O–H groups in total. The number of aryl methyl sites for hydroxylation is 1. The van der Waals surface area contributed by atoms with Crippen LogP contribution in [0, 0.1) is 5.82 Å². The minimum Gasteiger partial charge on any atom is -0.495 e. The first-order valence-corrected chi connectivity index (χ1v) is 13.6. The SMILES string of the molecule is COc1cc2c(=O)n(C)nc(N[C@H](C)c3cccc(C(F)(F)C4(O)CC4)c3F)c2cc1N1CCN(C(C)C)CC1. The molecule has 11 heteroatoms. The third-order valence-corrected chi connectivity index (χ3v) is 8.23. The van der Waals surface area contributed by atoms with Gasteiger partial charge >= 0.3 is 5.92 Å². The van der Waals surface area contributed by atoms with E-state index in [0.717, 1.165) is 37.9 Å². The Morgan fingerprint density at radius 3 is 2.38 bits per heavy atom. The second-order valence-electron chi connectivity index (χ2n) is 11.1. The van der Waals surface area contributed by atoms with Crippen molar-refractivity contribution in [1.29, 1.82) is 0 Å². The highest BCUT2D eigenvalue weighted by molar-refractivity contribution is 5.95. The Morgan fingerprint density at radius 1 is 1.10 bits per heavy atom. The van der Waals surface area contributed by atoms with Crippen LogP contribution < -0.4 is 20.5 Å². The predicted octanol–water partition coefficient (Wildman–Crippen LogP) is 4.40. The zero-order chi connectivity index (χ0) is 29.0. The van der Waals surface area contributed by atoms with Crippen LogP contribution in [0.3, 0.4) is 0 Å². The Bertz CT molecular complexity index is 1480. The molecule has 1 saturated carbocycles. The fourth-order valence-electron chi connectivity index (χ4n) is 5.45. The average molecular weight is 560 g/mol. The normalized spacial score (nSPS) is 18.3. The molecule has 0 amide bonds. The number of rotatable bonds is 8. The first kappa shape index (κ1) is 28.2. The average Bonchev–Trinajstić information content (AvgIpc) is 3.70. The molecule has 2 fully saturated rings. The molecule has 3 aromatic rings. The lowest BCUT2D eigenvalue weighted by Gasteiger charge is -2.38. The van der Waals surface area contributed by atoms with Gasteiger partial charge in [0.1, 0.15) is 17.2 Å². The lowest BCUT2D eigenvalue weighted by molar-refractivity contribution is -0.134. The van der Waals surface area contributed by atoms with Crippen LogP contribution in [-0.2, 0) is 13.0 Å². The Balaban J connectivity index is 1.53. The van der Waals surface area contributed by atoms with Gasteiger partial charge in [0.2, 0.25) is 0 Å². The molecule has 5 rings (SSSR count). The number of benzene rings is 2. The summed E-state index contributed by atoms with van der Waals surface area (Å²) in [6, 6.07) is 7.01. The number of aromatic nitrogens is 2. The van der Waals surface area contributed by atoms with Crippen LogP contribution in [0.25, 0.3) is 10.8 Å². The van der Waals surface area contributed by atoms with Crippen LogP contribution in [0.5, 0.6) is 5.75 Å². The van der Waals surface area contributed by atoms with Gasteiger partial charge in [-0.05, 0) is 51.8 Å². The summed E-state index contributed by atoms with van der Waals surface area (Å²) in [5.74, 6) is -3.91. The molecule has 0 radical (unpaired) electrons. The fourth-order valence-corrected chi connectivity index (χ4v) is 5.45. The van der Waals surface area contributed by atoms with E-state index in [1.165, 1.54) is 23.9 Å². The van der Waals surface area contributed by atoms with Crippen LogP contribution >= 0.6 is 0 Å². The van der Waals surface area contributed by atoms with E-state index in [4.69, 9.17) is 4.74 Å². The van der Waals surface area contributed by atoms with Crippen molar-refractivity contribution in [2.24, 2.45) is 7.05 Å². The molecule has 1 saturated heterocycles. The van der Waals surface area contributed by atoms with Crippen molar-refractivity contribution in [3.63, 3.8) is 0 Å². The number of piperazine rings is 1. The molecule has 8 nitrogen and oxygen atoms in total. The number of halogens is 3. The van der Waals surface area contributed by atoms with E-state index in [1.807, 2.05) is 6.07 Å². The number of fused-ring (bicyclic) bond motifs is 1. The van der Waals surface area contributed by atoms with Crippen LogP contribution in [0.1, 0.15) is 50.8 Å². The van der Waals surface area contributed by atoms with Gasteiger partial charge in [0.05, 0.1) is 29.8 Å². The highest BCUT2D eigenvalue weighted by Crippen LogP contribution is 2.54. The maximum atomic E-state index is 15.5. The van der Waals surface area contributed by atoms with Gasteiger partial charge < -0.3 is 20.1 Å². The summed E-state index contributed by atoms with van der Waals surface area (Å²) < 4.78 is 52.2. The largest absolute Gasteiger partial charge is 0.495 e. The minimum absolute atomic E-state index is 0.00349. The number of methoxy groups -OCH3 is 1. The third-order valence-electron chi connectivity index (χ3n) is 8.23. The summed E-state index contributed by atoms with van der Waals surface area (Å²) in [7, 11) is 3.08. The number of aliphatic hydroxyl groups is 1. The highest BCUT2D eigenvalue weighted by atomic mass is 19.3. The number of hydrogen-bond donors (Lipinski definition) is 2. The first-order chi connectivity index (χ1) is 18.9. The van der Waals surface area contributed by atoms with E-state index in [-0.39, 0.29) is 24.0 Å². The minimum atomic E-state index is -3.71. The second kappa shape index (κ2) is 10.3. The smallest absolute Gasteiger partial charge is 0.304 e. The van der Waals surface area contributed by atoms with Crippen molar-refractivity contribution < 1.29 is 23.0 Å². The molecule has 216 valence electrons. The third kappa shape index (κ3) is 4.79. The van der Waals surface area contributed by atoms with Gasteiger partial charge in [0.25, 0.3) is 5.56 Å². The van der Waals surface area contributed by atoms with Crippen molar-refractivity contribution in [2.45, 2.75) is 57.2 Å². The van der Waals surface area contributed by atoms with Crippen molar-refractivity contribution in [1.82, 2.24) is 14.7 Å². The topological polar surface area (TPSA) is 82.9 Å². The molecular formula is C29H36F3N5O3. The van der Waals surface area contributed by atoms with Gasteiger partial charge in [-0.25, -0.2) is 9.07 Å². The fraction of sp³-hybridized carbons (Fsp3) is 0.517. The van der Waals surface area contributed by atoms with E-state index in [1.54, 1.807) is 20.1 Å². The summed E-state index contributed by atoms with van der Waals surface area (Å²) in [6.45, 7) is 9.28. The number of alkyl halides is 2. The maximum absolute atomic E-state index is 15.5. The Hall–Kier alpha value is -3.31. The highest BCUT2D eigenvalue weighted by Gasteiger charge is 2.63. The number of nitrogens with one attached hydrogen (secondary N) is 1. The van der Waals surface area contributed by atoms with Crippen LogP contribution in [0.15, 0.2) is 35.1 Å². The van der Waals surface area contributed by atoms with E-state index in [0.29, 0.717) is 28.4 Å². The molecular weight excluding hydrogens is 523 g/mol. The molecule has 1 atom stereocenters. The van der Waals surface area contributed by atoms with Gasteiger partial charge in [-0.3, -0.25) is 9.69 Å². The number of hydrogen-bond acceptors (Lipinski definition) is 7. The van der Waals surface area contributed by atoms with Crippen molar-refractivity contribution in [3.8, 4) is 5.75 Å². The molecule has 40 heavy (non-hydrogen) atoms. The van der Waals surface area contributed by atoms with E-state index < -0.39 is 28.9 Å². The van der Waals surface area contributed by atoms with Crippen molar-refractivity contribution >= 4 is 22.3 Å². The van der Waals surface area contributed by atoms with Gasteiger partial charge in [0, 0.05) is 50.2 Å². The van der Waals surface area contributed by atoms with E-state index in [9.17, 15) is 18.7 Å². The van der Waals surface area contributed by atoms with Gasteiger partial charge in [-0.1, -0.05) is 12.1 Å². The molecule has 1 aliphatic carbocycles. The Labute approximate surface area is 231 Å². The molecule has 1 aromatic heterocycles. The summed E-state index contributed by atoms with van der Waals surface area (Å²) in [4.78, 5) is 17.6. The van der Waals surface area contributed by atoms with Crippen LogP contribution in [-0.4, -0.2) is 64.7 Å². The molecule has 2 aliphatic rings. The molecule has 2 aromatic carbocycles. The number of nitrogens with zero attached hydrogens (tertiary/aromatic N) is 4. The zero-order valence-corrected chi connectivity index (χ0v) is 23.5. The molecule has 1 aliphatic heterocycles. The number of ether oxygens (including phenoxy) is 1. The number of anilines is 2. The first-order valence-electron chi connectivity index (χ1n) is 13.6. The predicted molar refractivity (Wildman–Crippen MR) is 149 cm³/mol. The summed E-state index contributed by atoms with van der Waals surface area (Å²) in [5.41, 5.74) is -2.55. The van der Waals surface area contributed by atoms with E-state index in [2.05, 4.69) is 34.1 Å². The Kier molecular flexibility index (Phi) is 7.24. The van der Waals surface area contributed by atoms with Gasteiger partial charge in [0.15, 0.2) is 5.82 Å². The molecule has 0 unspecified atom stereocenters. The Morgan fingerprint density at radius 2 is 1.77 bits per heavy atom. The quantitative estimate of drug-likeness (QED) is 0.423. The summed E-state index contributed by atoms with van der Waals surface area (Å²) in [5, 5.41) is 18.5. The van der Waals surface area contributed by atoms with Crippen LogP contribution in [0.4, 0.5) is 24.7 Å². The zero-order valence-electron chi connectivity index (χ0n) is 23.5. The lowest BCUT2D eigenvalue weighted by Crippen LogP contribution is -2.49. The second-order valence-corrected chi connectivity index (χ2v) is 11.1.